The summed E-state index contributed by atoms with van der Waals surface area (Å²) in [5, 5.41) is 8.93. The molecule has 0 aliphatic carbocycles. The molecule has 2 heterocycles. The van der Waals surface area contributed by atoms with Crippen molar-refractivity contribution < 1.29 is 4.74 Å². The van der Waals surface area contributed by atoms with Crippen molar-refractivity contribution in [1.82, 2.24) is 15.5 Å². The van der Waals surface area contributed by atoms with Crippen molar-refractivity contribution in [2.45, 2.75) is 19.4 Å². The van der Waals surface area contributed by atoms with Gasteiger partial charge in [0.15, 0.2) is 5.96 Å². The van der Waals surface area contributed by atoms with E-state index in [1.54, 1.807) is 18.4 Å². The summed E-state index contributed by atoms with van der Waals surface area (Å²) in [7, 11) is 3.60. The molecule has 124 valence electrons. The number of ether oxygens (including phenoxy) is 1. The van der Waals surface area contributed by atoms with Crippen molar-refractivity contribution in [3.8, 4) is 0 Å². The second-order valence-electron chi connectivity index (χ2n) is 5.66. The highest BCUT2D eigenvalue weighted by Crippen LogP contribution is 2.16. The van der Waals surface area contributed by atoms with E-state index < -0.39 is 0 Å². The monoisotopic (exact) mass is 324 g/mol. The van der Waals surface area contributed by atoms with Crippen molar-refractivity contribution in [3.63, 3.8) is 0 Å². The summed E-state index contributed by atoms with van der Waals surface area (Å²) < 4.78 is 5.15. The maximum absolute atomic E-state index is 5.15. The molecule has 1 saturated heterocycles. The second kappa shape index (κ2) is 9.82. The largest absolute Gasteiger partial charge is 0.383 e. The number of thiophene rings is 1. The van der Waals surface area contributed by atoms with Crippen LogP contribution >= 0.6 is 11.3 Å². The minimum Gasteiger partial charge on any atom is -0.383 e. The van der Waals surface area contributed by atoms with Gasteiger partial charge in [0.25, 0.3) is 0 Å². The Hall–Kier alpha value is -1.11. The molecule has 1 aliphatic rings. The Morgan fingerprint density at radius 2 is 2.23 bits per heavy atom. The molecule has 1 aliphatic heterocycles. The molecular formula is C16H28N4OS. The van der Waals surface area contributed by atoms with Crippen LogP contribution in [-0.2, 0) is 11.3 Å². The molecule has 0 aromatic carbocycles. The highest BCUT2D eigenvalue weighted by atomic mass is 32.1. The Morgan fingerprint density at radius 3 is 2.86 bits per heavy atom. The molecule has 0 spiro atoms. The fourth-order valence-corrected chi connectivity index (χ4v) is 3.32. The highest BCUT2D eigenvalue weighted by Gasteiger charge is 2.18. The lowest BCUT2D eigenvalue weighted by molar-refractivity contribution is 0.121. The Bertz CT molecular complexity index is 427. The molecule has 6 heteroatoms. The third-order valence-corrected chi connectivity index (χ3v) is 4.99. The zero-order valence-electron chi connectivity index (χ0n) is 13.7. The van der Waals surface area contributed by atoms with E-state index in [0.717, 1.165) is 38.1 Å². The molecule has 2 rings (SSSR count). The van der Waals surface area contributed by atoms with E-state index in [4.69, 9.17) is 4.74 Å². The molecule has 0 unspecified atom stereocenters. The van der Waals surface area contributed by atoms with Crippen LogP contribution in [0.3, 0.4) is 0 Å². The van der Waals surface area contributed by atoms with Gasteiger partial charge in [0.2, 0.25) is 0 Å². The summed E-state index contributed by atoms with van der Waals surface area (Å²) in [6.07, 6.45) is 2.50. The zero-order valence-corrected chi connectivity index (χ0v) is 14.5. The summed E-state index contributed by atoms with van der Waals surface area (Å²) in [5.41, 5.74) is 0. The van der Waals surface area contributed by atoms with Crippen LogP contribution in [0.4, 0.5) is 0 Å². The summed E-state index contributed by atoms with van der Waals surface area (Å²) in [4.78, 5) is 8.12. The summed E-state index contributed by atoms with van der Waals surface area (Å²) in [6, 6.07) is 4.22. The molecule has 0 radical (unpaired) electrons. The predicted octanol–water partition coefficient (Wildman–Crippen LogP) is 1.77. The lowest BCUT2D eigenvalue weighted by Crippen LogP contribution is -2.43. The van der Waals surface area contributed by atoms with E-state index in [1.165, 1.54) is 30.8 Å². The highest BCUT2D eigenvalue weighted by molar-refractivity contribution is 7.09. The molecule has 5 nitrogen and oxygen atoms in total. The first-order chi connectivity index (χ1) is 10.8. The minimum absolute atomic E-state index is 0.735. The molecule has 0 bridgehead atoms. The Balaban J connectivity index is 1.62. The van der Waals surface area contributed by atoms with Gasteiger partial charge in [0.1, 0.15) is 0 Å². The first kappa shape index (κ1) is 17.2. The lowest BCUT2D eigenvalue weighted by Gasteiger charge is -2.32. The topological polar surface area (TPSA) is 48.9 Å². The molecule has 1 aromatic heterocycles. The van der Waals surface area contributed by atoms with Crippen LogP contribution in [0.2, 0.25) is 0 Å². The van der Waals surface area contributed by atoms with E-state index in [1.807, 2.05) is 7.05 Å². The van der Waals surface area contributed by atoms with Crippen LogP contribution in [0, 0.1) is 5.92 Å². The number of methoxy groups -OCH3 is 1. The molecule has 0 atom stereocenters. The SMILES string of the molecule is CN=C(NCc1cccs1)NCC1CCN(CCOC)CC1. The number of nitrogens with zero attached hydrogens (tertiary/aromatic N) is 2. The Labute approximate surface area is 137 Å². The fraction of sp³-hybridized carbons (Fsp3) is 0.688. The maximum atomic E-state index is 5.15. The van der Waals surface area contributed by atoms with Gasteiger partial charge in [-0.2, -0.15) is 0 Å². The van der Waals surface area contributed by atoms with Crippen LogP contribution in [0.15, 0.2) is 22.5 Å². The number of aliphatic imine (C=N–C) groups is 1. The number of hydrogen-bond donors (Lipinski definition) is 2. The smallest absolute Gasteiger partial charge is 0.191 e. The Morgan fingerprint density at radius 1 is 1.41 bits per heavy atom. The van der Waals surface area contributed by atoms with Crippen LogP contribution in [0.1, 0.15) is 17.7 Å². The van der Waals surface area contributed by atoms with Crippen LogP contribution < -0.4 is 10.6 Å². The number of likely N-dealkylation sites (tertiary alicyclic amines) is 1. The molecular weight excluding hydrogens is 296 g/mol. The van der Waals surface area contributed by atoms with Gasteiger partial charge in [0, 0.05) is 32.1 Å². The number of piperidine rings is 1. The van der Waals surface area contributed by atoms with Gasteiger partial charge >= 0.3 is 0 Å². The number of nitrogens with one attached hydrogen (secondary N) is 2. The van der Waals surface area contributed by atoms with Crippen molar-refractivity contribution in [2.24, 2.45) is 10.9 Å². The van der Waals surface area contributed by atoms with Gasteiger partial charge in [0.05, 0.1) is 13.2 Å². The van der Waals surface area contributed by atoms with Crippen molar-refractivity contribution >= 4 is 17.3 Å². The van der Waals surface area contributed by atoms with Crippen molar-refractivity contribution in [2.75, 3.05) is 46.9 Å². The van der Waals surface area contributed by atoms with Gasteiger partial charge in [-0.05, 0) is 43.3 Å². The zero-order chi connectivity index (χ0) is 15.6. The van der Waals surface area contributed by atoms with Crippen molar-refractivity contribution in [1.29, 1.82) is 0 Å². The number of guanidine groups is 1. The fourth-order valence-electron chi connectivity index (χ4n) is 2.68. The van der Waals surface area contributed by atoms with E-state index in [-0.39, 0.29) is 0 Å². The average Bonchev–Trinajstić information content (AvgIpc) is 3.07. The molecule has 22 heavy (non-hydrogen) atoms. The predicted molar refractivity (Wildman–Crippen MR) is 93.6 cm³/mol. The maximum Gasteiger partial charge on any atom is 0.191 e. The third kappa shape index (κ3) is 5.94. The van der Waals surface area contributed by atoms with E-state index in [2.05, 4.69) is 38.0 Å². The molecule has 1 aromatic rings. The second-order valence-corrected chi connectivity index (χ2v) is 6.70. The van der Waals surface area contributed by atoms with Crippen LogP contribution in [0.25, 0.3) is 0 Å². The first-order valence-corrected chi connectivity index (χ1v) is 8.88. The first-order valence-electron chi connectivity index (χ1n) is 8.00. The van der Waals surface area contributed by atoms with Crippen molar-refractivity contribution in [3.05, 3.63) is 22.4 Å². The molecule has 1 fully saturated rings. The summed E-state index contributed by atoms with van der Waals surface area (Å²) in [6.45, 7) is 6.09. The van der Waals surface area contributed by atoms with Crippen LogP contribution in [0.5, 0.6) is 0 Å². The van der Waals surface area contributed by atoms with E-state index in [9.17, 15) is 0 Å². The quantitative estimate of drug-likeness (QED) is 0.593. The number of hydrogen-bond acceptors (Lipinski definition) is 4. The van der Waals surface area contributed by atoms with Crippen LogP contribution in [-0.4, -0.2) is 57.8 Å². The lowest BCUT2D eigenvalue weighted by atomic mass is 9.97. The average molecular weight is 324 g/mol. The van der Waals surface area contributed by atoms with Gasteiger partial charge in [-0.1, -0.05) is 6.07 Å². The molecule has 0 amide bonds. The van der Waals surface area contributed by atoms with Gasteiger partial charge in [-0.25, -0.2) is 0 Å². The normalized spacial score (nSPS) is 17.6. The van der Waals surface area contributed by atoms with Gasteiger partial charge < -0.3 is 20.3 Å². The third-order valence-electron chi connectivity index (χ3n) is 4.11. The minimum atomic E-state index is 0.735. The Kier molecular flexibility index (Phi) is 7.70. The number of rotatable bonds is 7. The van der Waals surface area contributed by atoms with Gasteiger partial charge in [-0.15, -0.1) is 11.3 Å². The standard InChI is InChI=1S/C16H28N4OS/c1-17-16(19-13-15-4-3-11-22-15)18-12-14-5-7-20(8-6-14)9-10-21-2/h3-4,11,14H,5-10,12-13H2,1-2H3,(H2,17,18,19). The van der Waals surface area contributed by atoms with E-state index in [0.29, 0.717) is 0 Å². The molecule has 2 N–H and O–H groups in total. The summed E-state index contributed by atoms with van der Waals surface area (Å²) in [5.74, 6) is 1.63. The summed E-state index contributed by atoms with van der Waals surface area (Å²) >= 11 is 1.77. The van der Waals surface area contributed by atoms with Gasteiger partial charge in [-0.3, -0.25) is 4.99 Å². The van der Waals surface area contributed by atoms with E-state index >= 15 is 0 Å². The molecule has 0 saturated carbocycles.